The molecule has 0 aliphatic carbocycles. The number of terminal acetylenes is 1. The zero-order valence-electron chi connectivity index (χ0n) is 9.96. The van der Waals surface area contributed by atoms with E-state index in [1.807, 2.05) is 11.8 Å². The number of thioether (sulfide) groups is 1. The van der Waals surface area contributed by atoms with E-state index >= 15 is 0 Å². The predicted molar refractivity (Wildman–Crippen MR) is 71.1 cm³/mol. The first kappa shape index (κ1) is 14.8. The van der Waals surface area contributed by atoms with Gasteiger partial charge in [0, 0.05) is 12.6 Å². The first-order chi connectivity index (χ1) is 7.28. The lowest BCUT2D eigenvalue weighted by Gasteiger charge is -2.21. The third-order valence-corrected chi connectivity index (χ3v) is 3.25. The standard InChI is InChI=1S/C12H24N2S/c1-4-7-11(5-2)14-12(10-13)8-9-15-6-3/h2,11-12,14H,4,6-10,13H2,1,3H3. The Morgan fingerprint density at radius 2 is 2.13 bits per heavy atom. The van der Waals surface area contributed by atoms with E-state index in [1.165, 1.54) is 5.75 Å². The fourth-order valence-corrected chi connectivity index (χ4v) is 2.17. The first-order valence-electron chi connectivity index (χ1n) is 5.78. The van der Waals surface area contributed by atoms with Gasteiger partial charge in [-0.1, -0.05) is 26.2 Å². The fourth-order valence-electron chi connectivity index (χ4n) is 1.43. The van der Waals surface area contributed by atoms with Gasteiger partial charge >= 0.3 is 0 Å². The van der Waals surface area contributed by atoms with Crippen molar-refractivity contribution < 1.29 is 0 Å². The summed E-state index contributed by atoms with van der Waals surface area (Å²) in [6.45, 7) is 5.00. The number of nitrogens with two attached hydrogens (primary N) is 1. The maximum absolute atomic E-state index is 5.71. The highest BCUT2D eigenvalue weighted by Crippen LogP contribution is 2.05. The summed E-state index contributed by atoms with van der Waals surface area (Å²) in [5.74, 6) is 5.12. The van der Waals surface area contributed by atoms with Crippen molar-refractivity contribution in [1.82, 2.24) is 5.32 Å². The lowest BCUT2D eigenvalue weighted by Crippen LogP contribution is -2.42. The van der Waals surface area contributed by atoms with Crippen LogP contribution in [0.4, 0.5) is 0 Å². The Bertz CT molecular complexity index is 177. The number of hydrogen-bond donors (Lipinski definition) is 2. The summed E-state index contributed by atoms with van der Waals surface area (Å²) in [4.78, 5) is 0. The molecule has 0 saturated carbocycles. The van der Waals surface area contributed by atoms with Gasteiger partial charge in [-0.15, -0.1) is 6.42 Å². The Morgan fingerprint density at radius 1 is 1.40 bits per heavy atom. The summed E-state index contributed by atoms with van der Waals surface area (Å²) in [7, 11) is 0. The molecule has 88 valence electrons. The summed E-state index contributed by atoms with van der Waals surface area (Å²) in [5.41, 5.74) is 5.71. The molecule has 2 unspecified atom stereocenters. The van der Waals surface area contributed by atoms with E-state index in [1.54, 1.807) is 0 Å². The molecule has 0 aromatic carbocycles. The van der Waals surface area contributed by atoms with E-state index in [0.29, 0.717) is 12.6 Å². The summed E-state index contributed by atoms with van der Waals surface area (Å²) >= 11 is 1.95. The van der Waals surface area contributed by atoms with Crippen LogP contribution < -0.4 is 11.1 Å². The van der Waals surface area contributed by atoms with Crippen LogP contribution in [-0.2, 0) is 0 Å². The van der Waals surface area contributed by atoms with Crippen LogP contribution in [0.25, 0.3) is 0 Å². The molecule has 0 aliphatic heterocycles. The molecule has 15 heavy (non-hydrogen) atoms. The summed E-state index contributed by atoms with van der Waals surface area (Å²) in [6.07, 6.45) is 8.72. The molecule has 0 spiro atoms. The largest absolute Gasteiger partial charge is 0.329 e. The Labute approximate surface area is 98.8 Å². The average Bonchev–Trinajstić information content (AvgIpc) is 2.26. The fraction of sp³-hybridized carbons (Fsp3) is 0.833. The Balaban J connectivity index is 3.80. The first-order valence-corrected chi connectivity index (χ1v) is 6.93. The van der Waals surface area contributed by atoms with E-state index in [0.717, 1.165) is 25.0 Å². The van der Waals surface area contributed by atoms with Gasteiger partial charge in [-0.05, 0) is 24.3 Å². The van der Waals surface area contributed by atoms with Crippen LogP contribution >= 0.6 is 11.8 Å². The monoisotopic (exact) mass is 228 g/mol. The summed E-state index contributed by atoms with van der Waals surface area (Å²) in [5, 5.41) is 3.44. The Kier molecular flexibility index (Phi) is 10.2. The predicted octanol–water partition coefficient (Wildman–Crippen LogP) is 1.85. The van der Waals surface area contributed by atoms with Gasteiger partial charge in [-0.2, -0.15) is 11.8 Å². The van der Waals surface area contributed by atoms with Gasteiger partial charge in [0.05, 0.1) is 6.04 Å². The molecule has 2 nitrogen and oxygen atoms in total. The lowest BCUT2D eigenvalue weighted by molar-refractivity contribution is 0.455. The van der Waals surface area contributed by atoms with Crippen LogP contribution in [0.1, 0.15) is 33.1 Å². The lowest BCUT2D eigenvalue weighted by atomic mass is 10.1. The number of hydrogen-bond acceptors (Lipinski definition) is 3. The molecule has 0 rings (SSSR count). The van der Waals surface area contributed by atoms with Crippen molar-refractivity contribution in [1.29, 1.82) is 0 Å². The molecule has 0 amide bonds. The minimum absolute atomic E-state index is 0.190. The maximum Gasteiger partial charge on any atom is 0.0689 e. The highest BCUT2D eigenvalue weighted by Gasteiger charge is 2.10. The molecular weight excluding hydrogens is 204 g/mol. The highest BCUT2D eigenvalue weighted by atomic mass is 32.2. The van der Waals surface area contributed by atoms with E-state index < -0.39 is 0 Å². The third-order valence-electron chi connectivity index (χ3n) is 2.31. The van der Waals surface area contributed by atoms with Crippen LogP contribution in [0.5, 0.6) is 0 Å². The zero-order valence-corrected chi connectivity index (χ0v) is 10.8. The number of rotatable bonds is 9. The van der Waals surface area contributed by atoms with Crippen molar-refractivity contribution in [3.8, 4) is 12.3 Å². The zero-order chi connectivity index (χ0) is 11.5. The topological polar surface area (TPSA) is 38.0 Å². The van der Waals surface area contributed by atoms with E-state index in [-0.39, 0.29) is 6.04 Å². The van der Waals surface area contributed by atoms with Gasteiger partial charge in [-0.3, -0.25) is 5.32 Å². The van der Waals surface area contributed by atoms with Gasteiger partial charge in [-0.25, -0.2) is 0 Å². The van der Waals surface area contributed by atoms with Gasteiger partial charge in [0.2, 0.25) is 0 Å². The third kappa shape index (κ3) is 7.72. The molecule has 0 fully saturated rings. The normalized spacial score (nSPS) is 14.5. The van der Waals surface area contributed by atoms with E-state index in [4.69, 9.17) is 12.2 Å². The Morgan fingerprint density at radius 3 is 2.60 bits per heavy atom. The number of nitrogens with one attached hydrogen (secondary N) is 1. The molecule has 3 N–H and O–H groups in total. The molecule has 0 aliphatic rings. The molecule has 0 heterocycles. The average molecular weight is 228 g/mol. The van der Waals surface area contributed by atoms with Gasteiger partial charge in [0.15, 0.2) is 0 Å². The minimum atomic E-state index is 0.190. The second-order valence-corrected chi connectivity index (χ2v) is 4.99. The maximum atomic E-state index is 5.71. The highest BCUT2D eigenvalue weighted by molar-refractivity contribution is 7.99. The molecule has 0 bridgehead atoms. The quantitative estimate of drug-likeness (QED) is 0.467. The molecule has 0 saturated heterocycles. The molecule has 2 atom stereocenters. The van der Waals surface area contributed by atoms with Crippen molar-refractivity contribution in [3.05, 3.63) is 0 Å². The molecular formula is C12H24N2S. The van der Waals surface area contributed by atoms with Crippen molar-refractivity contribution in [2.45, 2.75) is 45.2 Å². The van der Waals surface area contributed by atoms with E-state index in [2.05, 4.69) is 25.1 Å². The minimum Gasteiger partial charge on any atom is -0.329 e. The van der Waals surface area contributed by atoms with Gasteiger partial charge in [0.1, 0.15) is 0 Å². The summed E-state index contributed by atoms with van der Waals surface area (Å²) < 4.78 is 0. The SMILES string of the molecule is C#CC(CCC)NC(CN)CCSCC. The second-order valence-electron chi connectivity index (χ2n) is 3.59. The van der Waals surface area contributed by atoms with Crippen LogP contribution in [0.15, 0.2) is 0 Å². The Hall–Kier alpha value is -0.170. The van der Waals surface area contributed by atoms with Gasteiger partial charge in [0.25, 0.3) is 0 Å². The van der Waals surface area contributed by atoms with Crippen LogP contribution in [0.3, 0.4) is 0 Å². The molecule has 0 aromatic heterocycles. The van der Waals surface area contributed by atoms with Crippen LogP contribution in [-0.4, -0.2) is 30.1 Å². The summed E-state index contributed by atoms with van der Waals surface area (Å²) in [6, 6.07) is 0.562. The van der Waals surface area contributed by atoms with Crippen LogP contribution in [0.2, 0.25) is 0 Å². The van der Waals surface area contributed by atoms with Crippen molar-refractivity contribution >= 4 is 11.8 Å². The van der Waals surface area contributed by atoms with Crippen molar-refractivity contribution in [2.24, 2.45) is 5.73 Å². The molecule has 3 heteroatoms. The van der Waals surface area contributed by atoms with Crippen molar-refractivity contribution in [3.63, 3.8) is 0 Å². The molecule has 0 aromatic rings. The van der Waals surface area contributed by atoms with Crippen LogP contribution in [0, 0.1) is 12.3 Å². The molecule has 0 radical (unpaired) electrons. The van der Waals surface area contributed by atoms with Crippen molar-refractivity contribution in [2.75, 3.05) is 18.1 Å². The van der Waals surface area contributed by atoms with Gasteiger partial charge < -0.3 is 5.73 Å². The smallest absolute Gasteiger partial charge is 0.0689 e. The van der Waals surface area contributed by atoms with E-state index in [9.17, 15) is 0 Å². The second kappa shape index (κ2) is 10.4.